The van der Waals surface area contributed by atoms with Gasteiger partial charge >= 0.3 is 12.2 Å². The van der Waals surface area contributed by atoms with Crippen molar-refractivity contribution in [1.29, 1.82) is 0 Å². The fraction of sp³-hybridized carbons (Fsp3) is 0.318. The molecule has 2 amide bonds. The van der Waals surface area contributed by atoms with Crippen LogP contribution in [0.4, 0.5) is 23.7 Å². The third kappa shape index (κ3) is 5.44. The van der Waals surface area contributed by atoms with Gasteiger partial charge in [-0.1, -0.05) is 18.2 Å². The second kappa shape index (κ2) is 9.39. The van der Waals surface area contributed by atoms with E-state index in [1.54, 1.807) is 23.1 Å². The summed E-state index contributed by atoms with van der Waals surface area (Å²) in [7, 11) is 0. The van der Waals surface area contributed by atoms with Crippen molar-refractivity contribution in [1.82, 2.24) is 20.0 Å². The maximum atomic E-state index is 12.8. The highest BCUT2D eigenvalue weighted by molar-refractivity contribution is 5.90. The SMILES string of the molecule is O=C(Nc1cccc(-c2nnco2)c1)N1CCCN(Cc2ccc(C(F)(F)F)cc2)CC1. The largest absolute Gasteiger partial charge is 0.423 e. The van der Waals surface area contributed by atoms with Gasteiger partial charge < -0.3 is 14.6 Å². The van der Waals surface area contributed by atoms with Crippen molar-refractivity contribution in [3.05, 3.63) is 66.1 Å². The van der Waals surface area contributed by atoms with Crippen LogP contribution in [0.5, 0.6) is 0 Å². The molecule has 4 rings (SSSR count). The second-order valence-corrected chi connectivity index (χ2v) is 7.57. The van der Waals surface area contributed by atoms with E-state index in [0.29, 0.717) is 43.3 Å². The molecular weight excluding hydrogens is 423 g/mol. The van der Waals surface area contributed by atoms with Crippen LogP contribution in [0.25, 0.3) is 11.5 Å². The first-order valence-electron chi connectivity index (χ1n) is 10.2. The van der Waals surface area contributed by atoms with Crippen molar-refractivity contribution >= 4 is 11.7 Å². The topological polar surface area (TPSA) is 74.5 Å². The average Bonchev–Trinajstić information content (AvgIpc) is 3.21. The summed E-state index contributed by atoms with van der Waals surface area (Å²) in [5.41, 5.74) is 1.49. The molecule has 7 nitrogen and oxygen atoms in total. The molecule has 0 radical (unpaired) electrons. The molecule has 1 aliphatic rings. The molecule has 1 fully saturated rings. The summed E-state index contributed by atoms with van der Waals surface area (Å²) >= 11 is 0. The van der Waals surface area contributed by atoms with Crippen molar-refractivity contribution in [3.63, 3.8) is 0 Å². The Bertz CT molecular complexity index is 1040. The third-order valence-corrected chi connectivity index (χ3v) is 5.28. The molecule has 1 N–H and O–H groups in total. The minimum atomic E-state index is -4.33. The maximum absolute atomic E-state index is 12.8. The van der Waals surface area contributed by atoms with E-state index in [2.05, 4.69) is 20.4 Å². The Hall–Kier alpha value is -3.40. The Morgan fingerprint density at radius 2 is 1.88 bits per heavy atom. The first-order chi connectivity index (χ1) is 15.4. The van der Waals surface area contributed by atoms with Crippen LogP contribution in [0.2, 0.25) is 0 Å². The van der Waals surface area contributed by atoms with E-state index in [1.807, 2.05) is 6.07 Å². The van der Waals surface area contributed by atoms with Crippen LogP contribution >= 0.6 is 0 Å². The zero-order valence-corrected chi connectivity index (χ0v) is 17.2. The molecule has 168 valence electrons. The summed E-state index contributed by atoms with van der Waals surface area (Å²) in [5, 5.41) is 10.4. The van der Waals surface area contributed by atoms with Crippen molar-refractivity contribution in [2.75, 3.05) is 31.5 Å². The maximum Gasteiger partial charge on any atom is 0.416 e. The van der Waals surface area contributed by atoms with E-state index >= 15 is 0 Å². The highest BCUT2D eigenvalue weighted by Crippen LogP contribution is 2.29. The molecule has 32 heavy (non-hydrogen) atoms. The molecule has 0 unspecified atom stereocenters. The number of hydrogen-bond donors (Lipinski definition) is 1. The minimum absolute atomic E-state index is 0.205. The molecule has 1 aliphatic heterocycles. The van der Waals surface area contributed by atoms with Crippen LogP contribution in [0, 0.1) is 0 Å². The van der Waals surface area contributed by atoms with Crippen molar-refractivity contribution in [2.45, 2.75) is 19.1 Å². The third-order valence-electron chi connectivity index (χ3n) is 5.28. The quantitative estimate of drug-likeness (QED) is 0.640. The van der Waals surface area contributed by atoms with E-state index in [1.165, 1.54) is 18.5 Å². The summed E-state index contributed by atoms with van der Waals surface area (Å²) < 4.78 is 43.4. The van der Waals surface area contributed by atoms with Gasteiger partial charge in [0.2, 0.25) is 12.3 Å². The van der Waals surface area contributed by atoms with E-state index in [-0.39, 0.29) is 6.03 Å². The zero-order valence-electron chi connectivity index (χ0n) is 17.2. The molecule has 0 spiro atoms. The number of urea groups is 1. The van der Waals surface area contributed by atoms with Gasteiger partial charge in [-0.25, -0.2) is 4.79 Å². The molecule has 2 heterocycles. The number of carbonyl (C=O) groups is 1. The van der Waals surface area contributed by atoms with Gasteiger partial charge in [-0.15, -0.1) is 10.2 Å². The molecule has 2 aromatic carbocycles. The average molecular weight is 445 g/mol. The molecule has 1 saturated heterocycles. The van der Waals surface area contributed by atoms with Gasteiger partial charge in [0.25, 0.3) is 0 Å². The van der Waals surface area contributed by atoms with E-state index in [9.17, 15) is 18.0 Å². The van der Waals surface area contributed by atoms with Crippen LogP contribution in [-0.4, -0.2) is 52.2 Å². The lowest BCUT2D eigenvalue weighted by atomic mass is 10.1. The normalized spacial score (nSPS) is 15.4. The fourth-order valence-corrected chi connectivity index (χ4v) is 3.62. The standard InChI is InChI=1S/C22H22F3N5O2/c23-22(24,25)18-7-5-16(6-8-18)14-29-9-2-10-30(12-11-29)21(31)27-19-4-1-3-17(13-19)20-28-26-15-32-20/h1,3-8,13,15H,2,9-12,14H2,(H,27,31). The van der Waals surface area contributed by atoms with Gasteiger partial charge in [-0.3, -0.25) is 4.90 Å². The highest BCUT2D eigenvalue weighted by Gasteiger charge is 2.30. The van der Waals surface area contributed by atoms with Crippen LogP contribution < -0.4 is 5.32 Å². The lowest BCUT2D eigenvalue weighted by Crippen LogP contribution is -2.38. The number of anilines is 1. The number of hydrogen-bond acceptors (Lipinski definition) is 5. The summed E-state index contributed by atoms with van der Waals surface area (Å²) in [6, 6.07) is 12.2. The lowest BCUT2D eigenvalue weighted by molar-refractivity contribution is -0.137. The van der Waals surface area contributed by atoms with Gasteiger partial charge in [-0.2, -0.15) is 13.2 Å². The summed E-state index contributed by atoms with van der Waals surface area (Å²) in [6.45, 7) is 3.06. The Kier molecular flexibility index (Phi) is 6.40. The number of benzene rings is 2. The monoisotopic (exact) mass is 445 g/mol. The van der Waals surface area contributed by atoms with Crippen LogP contribution in [0.1, 0.15) is 17.5 Å². The Morgan fingerprint density at radius 3 is 2.59 bits per heavy atom. The highest BCUT2D eigenvalue weighted by atomic mass is 19.4. The van der Waals surface area contributed by atoms with E-state index < -0.39 is 11.7 Å². The number of halogens is 3. The molecule has 0 saturated carbocycles. The molecule has 0 atom stereocenters. The van der Waals surface area contributed by atoms with Crippen molar-refractivity contribution < 1.29 is 22.4 Å². The Balaban J connectivity index is 1.32. The second-order valence-electron chi connectivity index (χ2n) is 7.57. The predicted octanol–water partition coefficient (Wildman–Crippen LogP) is 4.50. The first-order valence-corrected chi connectivity index (χ1v) is 10.2. The number of nitrogens with zero attached hydrogens (tertiary/aromatic N) is 4. The molecule has 10 heteroatoms. The summed E-state index contributed by atoms with van der Waals surface area (Å²) in [6.07, 6.45) is -2.32. The van der Waals surface area contributed by atoms with Gasteiger partial charge in [0.15, 0.2) is 0 Å². The zero-order chi connectivity index (χ0) is 22.6. The molecule has 3 aromatic rings. The van der Waals surface area contributed by atoms with E-state index in [0.717, 1.165) is 30.7 Å². The van der Waals surface area contributed by atoms with Crippen LogP contribution in [0.15, 0.2) is 59.3 Å². The number of carbonyl (C=O) groups excluding carboxylic acids is 1. The molecule has 1 aromatic heterocycles. The number of rotatable bonds is 4. The summed E-state index contributed by atoms with van der Waals surface area (Å²) in [4.78, 5) is 16.6. The number of nitrogens with one attached hydrogen (secondary N) is 1. The minimum Gasteiger partial charge on any atom is -0.423 e. The number of amides is 2. The molecular formula is C22H22F3N5O2. The van der Waals surface area contributed by atoms with Gasteiger partial charge in [0.05, 0.1) is 5.56 Å². The number of aromatic nitrogens is 2. The predicted molar refractivity (Wildman–Crippen MR) is 112 cm³/mol. The van der Waals surface area contributed by atoms with Gasteiger partial charge in [0, 0.05) is 44.0 Å². The first kappa shape index (κ1) is 21.8. The lowest BCUT2D eigenvalue weighted by Gasteiger charge is -2.22. The Morgan fingerprint density at radius 1 is 1.06 bits per heavy atom. The number of alkyl halides is 3. The fourth-order valence-electron chi connectivity index (χ4n) is 3.62. The van der Waals surface area contributed by atoms with Gasteiger partial charge in [-0.05, 0) is 42.3 Å². The van der Waals surface area contributed by atoms with Crippen molar-refractivity contribution in [2.24, 2.45) is 0 Å². The van der Waals surface area contributed by atoms with Crippen LogP contribution in [-0.2, 0) is 12.7 Å². The smallest absolute Gasteiger partial charge is 0.416 e. The van der Waals surface area contributed by atoms with Crippen LogP contribution in [0.3, 0.4) is 0 Å². The molecule has 0 aliphatic carbocycles. The van der Waals surface area contributed by atoms with Crippen molar-refractivity contribution in [3.8, 4) is 11.5 Å². The molecule has 0 bridgehead atoms. The van der Waals surface area contributed by atoms with Gasteiger partial charge in [0.1, 0.15) is 0 Å². The van der Waals surface area contributed by atoms with E-state index in [4.69, 9.17) is 4.42 Å². The summed E-state index contributed by atoms with van der Waals surface area (Å²) in [5.74, 6) is 0.370. The Labute approximate surface area is 182 Å².